The topological polar surface area (TPSA) is 0 Å². The molecule has 0 nitrogen and oxygen atoms in total. The summed E-state index contributed by atoms with van der Waals surface area (Å²) in [6, 6.07) is 17.6. The molecule has 0 amide bonds. The van der Waals surface area contributed by atoms with E-state index in [1.165, 1.54) is 66.4 Å². The van der Waals surface area contributed by atoms with E-state index >= 15 is 0 Å². The van der Waals surface area contributed by atoms with Crippen molar-refractivity contribution in [2.45, 2.75) is 59.3 Å². The average molecular weight is 385 g/mol. The van der Waals surface area contributed by atoms with Gasteiger partial charge in [0.1, 0.15) is 0 Å². The quantitative estimate of drug-likeness (QED) is 0.268. The average Bonchev–Trinajstić information content (AvgIpc) is 2.74. The fraction of sp³-hybridized carbons (Fsp3) is 0.310. The van der Waals surface area contributed by atoms with Crippen molar-refractivity contribution in [1.82, 2.24) is 0 Å². The minimum atomic E-state index is 1.08. The van der Waals surface area contributed by atoms with Crippen LogP contribution in [0.4, 0.5) is 0 Å². The van der Waals surface area contributed by atoms with Gasteiger partial charge in [0.05, 0.1) is 0 Å². The van der Waals surface area contributed by atoms with Crippen molar-refractivity contribution < 1.29 is 0 Å². The van der Waals surface area contributed by atoms with Crippen molar-refractivity contribution in [3.63, 3.8) is 0 Å². The Balaban J connectivity index is 2.02. The Morgan fingerprint density at radius 2 is 1.34 bits per heavy atom. The van der Waals surface area contributed by atoms with E-state index in [1.807, 2.05) is 13.0 Å². The van der Waals surface area contributed by atoms with Gasteiger partial charge in [0.2, 0.25) is 0 Å². The highest BCUT2D eigenvalue weighted by atomic mass is 14.1. The van der Waals surface area contributed by atoms with Gasteiger partial charge in [0, 0.05) is 0 Å². The lowest BCUT2D eigenvalue weighted by Crippen LogP contribution is -1.88. The van der Waals surface area contributed by atoms with Crippen LogP contribution in [0.3, 0.4) is 0 Å². The zero-order chi connectivity index (χ0) is 21.1. The van der Waals surface area contributed by atoms with Gasteiger partial charge in [-0.25, -0.2) is 0 Å². The van der Waals surface area contributed by atoms with Gasteiger partial charge in [-0.2, -0.15) is 0 Å². The molecule has 0 fully saturated rings. The predicted octanol–water partition coefficient (Wildman–Crippen LogP) is 8.91. The predicted molar refractivity (Wildman–Crippen MR) is 132 cm³/mol. The highest BCUT2D eigenvalue weighted by Crippen LogP contribution is 2.21. The lowest BCUT2D eigenvalue weighted by atomic mass is 9.99. The molecule has 0 unspecified atom stereocenters. The molecular weight excluding hydrogens is 348 g/mol. The summed E-state index contributed by atoms with van der Waals surface area (Å²) in [5.41, 5.74) is 8.54. The van der Waals surface area contributed by atoms with Crippen LogP contribution in [-0.4, -0.2) is 0 Å². The first-order valence-corrected chi connectivity index (χ1v) is 10.9. The van der Waals surface area contributed by atoms with Crippen LogP contribution in [0.1, 0.15) is 75.1 Å². The third kappa shape index (κ3) is 7.38. The molecule has 2 aromatic rings. The number of unbranched alkanes of at least 4 members (excludes halogenated alkanes) is 4. The maximum atomic E-state index is 4.00. The summed E-state index contributed by atoms with van der Waals surface area (Å²) in [7, 11) is 0. The van der Waals surface area contributed by atoms with E-state index in [4.69, 9.17) is 0 Å². The molecule has 0 saturated carbocycles. The minimum Gasteiger partial charge on any atom is -0.0984 e. The number of hydrogen-bond donors (Lipinski definition) is 0. The normalized spacial score (nSPS) is 12.1. The van der Waals surface area contributed by atoms with Crippen LogP contribution in [0, 0.1) is 0 Å². The van der Waals surface area contributed by atoms with E-state index in [9.17, 15) is 0 Å². The standard InChI is InChI=1S/C29H36/c1-6-8-9-10-11-12-25-14-17-28(18-15-25)24(5)13-16-26(7-2)29-21-19-27(20-22-29)23(3)4/h7,13-22H,2-3,6,8-12H2,1,4-5H3/b24-13+,26-16+. The SMILES string of the molecule is C=C/C(=C\C=C(/C)c1ccc(CCCCCCC)cc1)c1ccc(C(=C)C)cc1. The van der Waals surface area contributed by atoms with Crippen LogP contribution in [0.15, 0.2) is 79.9 Å². The van der Waals surface area contributed by atoms with Crippen LogP contribution in [0.2, 0.25) is 0 Å². The first-order valence-electron chi connectivity index (χ1n) is 10.9. The molecule has 0 bridgehead atoms. The highest BCUT2D eigenvalue weighted by Gasteiger charge is 2.00. The summed E-state index contributed by atoms with van der Waals surface area (Å²) >= 11 is 0. The van der Waals surface area contributed by atoms with Crippen LogP contribution < -0.4 is 0 Å². The molecule has 0 aliphatic heterocycles. The fourth-order valence-corrected chi connectivity index (χ4v) is 3.41. The molecule has 152 valence electrons. The Morgan fingerprint density at radius 1 is 0.759 bits per heavy atom. The third-order valence-corrected chi connectivity index (χ3v) is 5.42. The van der Waals surface area contributed by atoms with E-state index in [1.54, 1.807) is 0 Å². The van der Waals surface area contributed by atoms with E-state index in [2.05, 4.69) is 87.7 Å². The molecule has 2 rings (SSSR count). The van der Waals surface area contributed by atoms with Crippen LogP contribution in [-0.2, 0) is 6.42 Å². The first-order chi connectivity index (χ1) is 14.0. The van der Waals surface area contributed by atoms with E-state index in [0.717, 1.165) is 11.1 Å². The summed E-state index contributed by atoms with van der Waals surface area (Å²) in [4.78, 5) is 0. The molecule has 0 heteroatoms. The Kier molecular flexibility index (Phi) is 9.44. The Labute approximate surface area is 178 Å². The lowest BCUT2D eigenvalue weighted by molar-refractivity contribution is 0.632. The van der Waals surface area contributed by atoms with Crippen molar-refractivity contribution in [2.24, 2.45) is 0 Å². The van der Waals surface area contributed by atoms with Gasteiger partial charge in [-0.05, 0) is 60.1 Å². The maximum absolute atomic E-state index is 4.00. The van der Waals surface area contributed by atoms with Gasteiger partial charge < -0.3 is 0 Å². The monoisotopic (exact) mass is 384 g/mol. The molecule has 0 N–H and O–H groups in total. The fourth-order valence-electron chi connectivity index (χ4n) is 3.41. The molecule has 0 heterocycles. The number of benzene rings is 2. The van der Waals surface area contributed by atoms with Gasteiger partial charge in [-0.3, -0.25) is 0 Å². The molecule has 2 aromatic carbocycles. The zero-order valence-electron chi connectivity index (χ0n) is 18.5. The number of aryl methyl sites for hydroxylation is 1. The van der Waals surface area contributed by atoms with Gasteiger partial charge in [0.25, 0.3) is 0 Å². The molecule has 0 radical (unpaired) electrons. The smallest absolute Gasteiger partial charge is 0.0184 e. The first kappa shape index (κ1) is 22.7. The summed E-state index contributed by atoms with van der Waals surface area (Å²) < 4.78 is 0. The van der Waals surface area contributed by atoms with Crippen molar-refractivity contribution in [2.75, 3.05) is 0 Å². The van der Waals surface area contributed by atoms with Crippen LogP contribution >= 0.6 is 0 Å². The Morgan fingerprint density at radius 3 is 1.93 bits per heavy atom. The van der Waals surface area contributed by atoms with Crippen LogP contribution in [0.25, 0.3) is 16.7 Å². The Bertz CT molecular complexity index is 842. The second kappa shape index (κ2) is 12.1. The van der Waals surface area contributed by atoms with E-state index < -0.39 is 0 Å². The van der Waals surface area contributed by atoms with Gasteiger partial charge in [-0.15, -0.1) is 0 Å². The molecule has 0 aliphatic carbocycles. The second-order valence-electron chi connectivity index (χ2n) is 7.89. The number of hydrogen-bond acceptors (Lipinski definition) is 0. The summed E-state index contributed by atoms with van der Waals surface area (Å²) in [5, 5.41) is 0. The van der Waals surface area contributed by atoms with Crippen molar-refractivity contribution in [3.8, 4) is 0 Å². The third-order valence-electron chi connectivity index (χ3n) is 5.42. The molecule has 0 spiro atoms. The summed E-state index contributed by atoms with van der Waals surface area (Å²) in [5.74, 6) is 0. The second-order valence-corrected chi connectivity index (χ2v) is 7.89. The minimum absolute atomic E-state index is 1.08. The molecular formula is C29H36. The van der Waals surface area contributed by atoms with E-state index in [-0.39, 0.29) is 0 Å². The zero-order valence-corrected chi connectivity index (χ0v) is 18.5. The maximum Gasteiger partial charge on any atom is -0.0184 e. The van der Waals surface area contributed by atoms with Crippen LogP contribution in [0.5, 0.6) is 0 Å². The number of allylic oxidation sites excluding steroid dienone is 6. The molecule has 29 heavy (non-hydrogen) atoms. The largest absolute Gasteiger partial charge is 0.0984 e. The molecule has 0 aromatic heterocycles. The molecule has 0 aliphatic rings. The summed E-state index contributed by atoms with van der Waals surface area (Å²) in [6.07, 6.45) is 14.1. The molecule has 0 saturated heterocycles. The highest BCUT2D eigenvalue weighted by molar-refractivity contribution is 5.78. The van der Waals surface area contributed by atoms with Crippen molar-refractivity contribution in [1.29, 1.82) is 0 Å². The van der Waals surface area contributed by atoms with Gasteiger partial charge in [0.15, 0.2) is 0 Å². The van der Waals surface area contributed by atoms with Crippen molar-refractivity contribution >= 4 is 16.7 Å². The summed E-state index contributed by atoms with van der Waals surface area (Å²) in [6.45, 7) is 14.5. The number of rotatable bonds is 11. The Hall–Kier alpha value is -2.60. The van der Waals surface area contributed by atoms with Gasteiger partial charge >= 0.3 is 0 Å². The van der Waals surface area contributed by atoms with E-state index in [0.29, 0.717) is 0 Å². The van der Waals surface area contributed by atoms with Crippen molar-refractivity contribution in [3.05, 3.63) is 102 Å². The van der Waals surface area contributed by atoms with Gasteiger partial charge in [-0.1, -0.05) is 118 Å². The molecule has 0 atom stereocenters. The lowest BCUT2D eigenvalue weighted by Gasteiger charge is -2.06.